The van der Waals surface area contributed by atoms with Gasteiger partial charge in [0, 0.05) is 27.7 Å². The second-order valence-corrected chi connectivity index (χ2v) is 6.09. The molecule has 23 heavy (non-hydrogen) atoms. The molecule has 2 aromatic carbocycles. The van der Waals surface area contributed by atoms with E-state index in [2.05, 4.69) is 5.32 Å². The molecular formula is C17H15Cl2NO3. The zero-order chi connectivity index (χ0) is 16.2. The number of amides is 1. The Kier molecular flexibility index (Phi) is 5.06. The Labute approximate surface area is 144 Å². The van der Waals surface area contributed by atoms with Gasteiger partial charge in [0.25, 0.3) is 5.91 Å². The van der Waals surface area contributed by atoms with Crippen LogP contribution >= 0.6 is 23.2 Å². The van der Waals surface area contributed by atoms with Gasteiger partial charge in [-0.1, -0.05) is 23.2 Å². The molecule has 6 heteroatoms. The number of carbonyl (C=O) groups excluding carboxylic acids is 1. The summed E-state index contributed by atoms with van der Waals surface area (Å²) in [7, 11) is 0. The average Bonchev–Trinajstić information content (AvgIpc) is 2.53. The van der Waals surface area contributed by atoms with Gasteiger partial charge in [0.05, 0.1) is 6.61 Å². The van der Waals surface area contributed by atoms with Crippen molar-refractivity contribution in [3.63, 3.8) is 0 Å². The lowest BCUT2D eigenvalue weighted by molar-refractivity contribution is -0.0163. The van der Waals surface area contributed by atoms with Crippen LogP contribution in [0.2, 0.25) is 10.0 Å². The Morgan fingerprint density at radius 1 is 1.13 bits per heavy atom. The Balaban J connectivity index is 1.59. The second-order valence-electron chi connectivity index (χ2n) is 5.22. The summed E-state index contributed by atoms with van der Waals surface area (Å²) in [6, 6.07) is 10.7. The minimum atomic E-state index is -0.133. The molecule has 0 saturated heterocycles. The van der Waals surface area contributed by atoms with Crippen LogP contribution in [0.25, 0.3) is 0 Å². The minimum absolute atomic E-state index is 0.133. The van der Waals surface area contributed by atoms with Gasteiger partial charge in [-0.05, 0) is 48.4 Å². The molecular weight excluding hydrogens is 337 g/mol. The summed E-state index contributed by atoms with van der Waals surface area (Å²) in [4.78, 5) is 12.2. The highest BCUT2D eigenvalue weighted by atomic mass is 35.5. The van der Waals surface area contributed by atoms with E-state index in [1.54, 1.807) is 24.3 Å². The van der Waals surface area contributed by atoms with E-state index < -0.39 is 0 Å². The van der Waals surface area contributed by atoms with Gasteiger partial charge in [-0.3, -0.25) is 4.79 Å². The van der Waals surface area contributed by atoms with Gasteiger partial charge in [-0.2, -0.15) is 0 Å². The number of benzene rings is 2. The van der Waals surface area contributed by atoms with Crippen LogP contribution in [-0.2, 0) is 17.8 Å². The zero-order valence-corrected chi connectivity index (χ0v) is 13.8. The molecule has 0 radical (unpaired) electrons. The monoisotopic (exact) mass is 351 g/mol. The van der Waals surface area contributed by atoms with Gasteiger partial charge in [0.1, 0.15) is 5.75 Å². The fourth-order valence-electron chi connectivity index (χ4n) is 2.41. The van der Waals surface area contributed by atoms with Gasteiger partial charge in [-0.25, -0.2) is 0 Å². The third-order valence-corrected chi connectivity index (χ3v) is 3.94. The minimum Gasteiger partial charge on any atom is -0.467 e. The molecule has 0 aliphatic carbocycles. The van der Waals surface area contributed by atoms with E-state index in [0.717, 1.165) is 16.9 Å². The number of hydrogen-bond acceptors (Lipinski definition) is 3. The van der Waals surface area contributed by atoms with Gasteiger partial charge in [0.15, 0.2) is 6.79 Å². The van der Waals surface area contributed by atoms with E-state index in [1.165, 1.54) is 0 Å². The highest BCUT2D eigenvalue weighted by molar-refractivity contribution is 6.34. The van der Waals surface area contributed by atoms with Gasteiger partial charge >= 0.3 is 0 Å². The lowest BCUT2D eigenvalue weighted by atomic mass is 10.1. The van der Waals surface area contributed by atoms with Crippen molar-refractivity contribution in [3.05, 3.63) is 63.1 Å². The van der Waals surface area contributed by atoms with E-state index in [-0.39, 0.29) is 12.7 Å². The standard InChI is InChI=1S/C17H15Cl2NO3/c18-14-5-11(6-15(19)8-14)3-4-20-17(21)12-1-2-16-13(7-12)9-22-10-23-16/h1-2,5-8H,3-4,9-10H2,(H,20,21). The fraction of sp³-hybridized carbons (Fsp3) is 0.235. The first kappa shape index (κ1) is 16.1. The van der Waals surface area contributed by atoms with Gasteiger partial charge in [0.2, 0.25) is 0 Å². The quantitative estimate of drug-likeness (QED) is 0.910. The third kappa shape index (κ3) is 4.16. The van der Waals surface area contributed by atoms with E-state index in [1.807, 2.05) is 12.1 Å². The van der Waals surface area contributed by atoms with Crippen molar-refractivity contribution in [1.29, 1.82) is 0 Å². The second kappa shape index (κ2) is 7.21. The molecule has 0 spiro atoms. The number of fused-ring (bicyclic) bond motifs is 1. The molecule has 0 unspecified atom stereocenters. The predicted molar refractivity (Wildman–Crippen MR) is 89.2 cm³/mol. The van der Waals surface area contributed by atoms with Crippen LogP contribution < -0.4 is 10.1 Å². The molecule has 0 saturated carbocycles. The smallest absolute Gasteiger partial charge is 0.251 e. The maximum atomic E-state index is 12.2. The number of rotatable bonds is 4. The number of hydrogen-bond donors (Lipinski definition) is 1. The number of ether oxygens (including phenoxy) is 2. The van der Waals surface area contributed by atoms with Crippen molar-refractivity contribution in [2.75, 3.05) is 13.3 Å². The summed E-state index contributed by atoms with van der Waals surface area (Å²) >= 11 is 11.9. The summed E-state index contributed by atoms with van der Waals surface area (Å²) in [6.45, 7) is 1.21. The Morgan fingerprint density at radius 3 is 2.70 bits per heavy atom. The first-order valence-electron chi connectivity index (χ1n) is 7.18. The highest BCUT2D eigenvalue weighted by Crippen LogP contribution is 2.24. The lowest BCUT2D eigenvalue weighted by Gasteiger charge is -2.18. The van der Waals surface area contributed by atoms with Crippen molar-refractivity contribution in [2.45, 2.75) is 13.0 Å². The van der Waals surface area contributed by atoms with Crippen molar-refractivity contribution in [1.82, 2.24) is 5.32 Å². The number of nitrogens with one attached hydrogen (secondary N) is 1. The van der Waals surface area contributed by atoms with E-state index in [4.69, 9.17) is 32.7 Å². The molecule has 0 atom stereocenters. The van der Waals surface area contributed by atoms with Crippen molar-refractivity contribution in [2.24, 2.45) is 0 Å². The summed E-state index contributed by atoms with van der Waals surface area (Å²) in [6.07, 6.45) is 0.656. The predicted octanol–water partition coefficient (Wildman–Crippen LogP) is 3.83. The summed E-state index contributed by atoms with van der Waals surface area (Å²) in [5.74, 6) is 0.632. The highest BCUT2D eigenvalue weighted by Gasteiger charge is 2.13. The molecule has 0 bridgehead atoms. The first-order valence-corrected chi connectivity index (χ1v) is 7.94. The average molecular weight is 352 g/mol. The van der Waals surface area contributed by atoms with Crippen molar-refractivity contribution in [3.8, 4) is 5.75 Å². The molecule has 3 rings (SSSR count). The molecule has 4 nitrogen and oxygen atoms in total. The molecule has 1 amide bonds. The largest absolute Gasteiger partial charge is 0.467 e. The normalized spacial score (nSPS) is 13.1. The van der Waals surface area contributed by atoms with Gasteiger partial charge in [-0.15, -0.1) is 0 Å². The van der Waals surface area contributed by atoms with Gasteiger partial charge < -0.3 is 14.8 Å². The lowest BCUT2D eigenvalue weighted by Crippen LogP contribution is -2.26. The molecule has 1 aliphatic heterocycles. The molecule has 1 aliphatic rings. The van der Waals surface area contributed by atoms with Crippen molar-refractivity contribution >= 4 is 29.1 Å². The van der Waals surface area contributed by atoms with E-state index in [0.29, 0.717) is 35.2 Å². The van der Waals surface area contributed by atoms with Crippen LogP contribution in [0.4, 0.5) is 0 Å². The zero-order valence-electron chi connectivity index (χ0n) is 12.3. The van der Waals surface area contributed by atoms with E-state index >= 15 is 0 Å². The molecule has 1 heterocycles. The van der Waals surface area contributed by atoms with Crippen LogP contribution in [0.5, 0.6) is 5.75 Å². The Bertz CT molecular complexity index is 714. The van der Waals surface area contributed by atoms with Crippen LogP contribution in [0.1, 0.15) is 21.5 Å². The molecule has 2 aromatic rings. The molecule has 1 N–H and O–H groups in total. The van der Waals surface area contributed by atoms with Crippen LogP contribution in [0, 0.1) is 0 Å². The summed E-state index contributed by atoms with van der Waals surface area (Å²) in [5, 5.41) is 4.07. The van der Waals surface area contributed by atoms with E-state index in [9.17, 15) is 4.79 Å². The van der Waals surface area contributed by atoms with Crippen LogP contribution in [-0.4, -0.2) is 19.2 Å². The SMILES string of the molecule is O=C(NCCc1cc(Cl)cc(Cl)c1)c1ccc2c(c1)COCO2. The molecule has 120 valence electrons. The van der Waals surface area contributed by atoms with Crippen LogP contribution in [0.15, 0.2) is 36.4 Å². The maximum Gasteiger partial charge on any atom is 0.251 e. The number of halogens is 2. The summed E-state index contributed by atoms with van der Waals surface area (Å²) in [5.41, 5.74) is 2.45. The number of carbonyl (C=O) groups is 1. The van der Waals surface area contributed by atoms with Crippen LogP contribution in [0.3, 0.4) is 0 Å². The molecule has 0 aromatic heterocycles. The third-order valence-electron chi connectivity index (χ3n) is 3.50. The summed E-state index contributed by atoms with van der Waals surface area (Å²) < 4.78 is 10.6. The Morgan fingerprint density at radius 2 is 1.91 bits per heavy atom. The molecule has 0 fully saturated rings. The first-order chi connectivity index (χ1) is 11.1. The Hall–Kier alpha value is -1.75. The maximum absolute atomic E-state index is 12.2. The van der Waals surface area contributed by atoms with Crippen molar-refractivity contribution < 1.29 is 14.3 Å². The topological polar surface area (TPSA) is 47.6 Å². The fourth-order valence-corrected chi connectivity index (χ4v) is 2.98.